The van der Waals surface area contributed by atoms with E-state index in [1.165, 1.54) is 36.3 Å². The average molecular weight is 407 g/mol. The van der Waals surface area contributed by atoms with Crippen LogP contribution in [-0.2, 0) is 0 Å². The Kier molecular flexibility index (Phi) is 4.48. The summed E-state index contributed by atoms with van der Waals surface area (Å²) in [6, 6.07) is 8.01. The zero-order chi connectivity index (χ0) is 19.8. The fourth-order valence-electron chi connectivity index (χ4n) is 3.09. The van der Waals surface area contributed by atoms with Crippen LogP contribution in [0.2, 0.25) is 0 Å². The van der Waals surface area contributed by atoms with E-state index in [2.05, 4.69) is 20.7 Å². The summed E-state index contributed by atoms with van der Waals surface area (Å²) in [4.78, 5) is 17.5. The lowest BCUT2D eigenvalue weighted by Gasteiger charge is -2.06. The van der Waals surface area contributed by atoms with E-state index in [1.807, 2.05) is 17.6 Å². The van der Waals surface area contributed by atoms with Gasteiger partial charge in [-0.1, -0.05) is 0 Å². The van der Waals surface area contributed by atoms with Crippen molar-refractivity contribution in [1.82, 2.24) is 19.9 Å². The SMILES string of the molecule is O=C(NCC1CC1)c1cc(-c2cnn3cc(Nc4ccc(F)cc4)cnc23)cs1. The Balaban J connectivity index is 1.35. The lowest BCUT2D eigenvalue weighted by Crippen LogP contribution is -2.24. The number of aromatic nitrogens is 3. The van der Waals surface area contributed by atoms with Crippen molar-refractivity contribution in [3.63, 3.8) is 0 Å². The molecular weight excluding hydrogens is 389 g/mol. The summed E-state index contributed by atoms with van der Waals surface area (Å²) >= 11 is 1.42. The van der Waals surface area contributed by atoms with Gasteiger partial charge in [0.05, 0.1) is 29.2 Å². The molecule has 0 radical (unpaired) electrons. The summed E-state index contributed by atoms with van der Waals surface area (Å²) in [5, 5.41) is 12.5. The first kappa shape index (κ1) is 17.8. The van der Waals surface area contributed by atoms with Crippen molar-refractivity contribution in [3.05, 3.63) is 65.0 Å². The lowest BCUT2D eigenvalue weighted by atomic mass is 10.2. The van der Waals surface area contributed by atoms with Crippen LogP contribution in [0.15, 0.2) is 54.3 Å². The van der Waals surface area contributed by atoms with E-state index in [9.17, 15) is 9.18 Å². The molecule has 1 fully saturated rings. The molecule has 0 bridgehead atoms. The van der Waals surface area contributed by atoms with E-state index < -0.39 is 0 Å². The number of anilines is 2. The highest BCUT2D eigenvalue weighted by molar-refractivity contribution is 7.12. The second-order valence-electron chi connectivity index (χ2n) is 7.15. The molecule has 3 aromatic heterocycles. The Bertz CT molecular complexity index is 1180. The van der Waals surface area contributed by atoms with Gasteiger partial charge in [0.1, 0.15) is 5.82 Å². The number of fused-ring (bicyclic) bond motifs is 1. The fraction of sp³-hybridized carbons (Fsp3) is 0.190. The van der Waals surface area contributed by atoms with Gasteiger partial charge in [-0.3, -0.25) is 4.79 Å². The minimum atomic E-state index is -0.280. The molecule has 0 atom stereocenters. The largest absolute Gasteiger partial charge is 0.353 e. The van der Waals surface area contributed by atoms with Gasteiger partial charge in [-0.15, -0.1) is 11.3 Å². The third-order valence-corrected chi connectivity index (χ3v) is 5.80. The van der Waals surface area contributed by atoms with Crippen molar-refractivity contribution in [2.24, 2.45) is 5.92 Å². The standard InChI is InChI=1S/C21H18FN5OS/c22-15-3-5-16(6-4-15)26-17-9-23-20-18(10-25-27(20)11-17)14-7-19(29-12-14)21(28)24-8-13-1-2-13/h3-7,9-13,26H,1-2,8H2,(H,24,28). The molecular formula is C21H18FN5OS. The summed E-state index contributed by atoms with van der Waals surface area (Å²) in [5.74, 6) is 0.348. The van der Waals surface area contributed by atoms with Crippen LogP contribution in [0.5, 0.6) is 0 Å². The second-order valence-corrected chi connectivity index (χ2v) is 8.07. The van der Waals surface area contributed by atoms with E-state index in [0.717, 1.165) is 29.0 Å². The van der Waals surface area contributed by atoms with E-state index in [1.54, 1.807) is 29.0 Å². The lowest BCUT2D eigenvalue weighted by molar-refractivity contribution is 0.0956. The molecule has 1 aromatic carbocycles. The van der Waals surface area contributed by atoms with Crippen LogP contribution in [0, 0.1) is 11.7 Å². The van der Waals surface area contributed by atoms with Gasteiger partial charge >= 0.3 is 0 Å². The Hall–Kier alpha value is -3.26. The van der Waals surface area contributed by atoms with E-state index >= 15 is 0 Å². The molecule has 0 unspecified atom stereocenters. The molecule has 29 heavy (non-hydrogen) atoms. The fourth-order valence-corrected chi connectivity index (χ4v) is 3.91. The molecule has 0 saturated heterocycles. The first-order chi connectivity index (χ1) is 14.2. The van der Waals surface area contributed by atoms with Crippen molar-refractivity contribution in [1.29, 1.82) is 0 Å². The van der Waals surface area contributed by atoms with Gasteiger partial charge in [-0.2, -0.15) is 5.10 Å². The number of amides is 1. The third kappa shape index (κ3) is 3.84. The summed E-state index contributed by atoms with van der Waals surface area (Å²) < 4.78 is 14.7. The number of carbonyl (C=O) groups is 1. The maximum absolute atomic E-state index is 13.1. The van der Waals surface area contributed by atoms with Gasteiger partial charge in [-0.05, 0) is 60.0 Å². The van der Waals surface area contributed by atoms with Gasteiger partial charge in [0, 0.05) is 17.8 Å². The second kappa shape index (κ2) is 7.29. The van der Waals surface area contributed by atoms with Crippen LogP contribution in [0.4, 0.5) is 15.8 Å². The van der Waals surface area contributed by atoms with Crippen LogP contribution < -0.4 is 10.6 Å². The minimum Gasteiger partial charge on any atom is -0.353 e. The first-order valence-electron chi connectivity index (χ1n) is 9.39. The van der Waals surface area contributed by atoms with Crippen LogP contribution in [0.1, 0.15) is 22.5 Å². The normalized spacial score (nSPS) is 13.6. The van der Waals surface area contributed by atoms with E-state index in [4.69, 9.17) is 0 Å². The molecule has 4 aromatic rings. The highest BCUT2D eigenvalue weighted by atomic mass is 32.1. The van der Waals surface area contributed by atoms with Gasteiger partial charge < -0.3 is 10.6 Å². The number of thiophene rings is 1. The Morgan fingerprint density at radius 1 is 1.21 bits per heavy atom. The number of benzene rings is 1. The van der Waals surface area contributed by atoms with Crippen molar-refractivity contribution in [2.45, 2.75) is 12.8 Å². The Morgan fingerprint density at radius 3 is 2.83 bits per heavy atom. The summed E-state index contributed by atoms with van der Waals surface area (Å²) in [6.45, 7) is 0.758. The highest BCUT2D eigenvalue weighted by Crippen LogP contribution is 2.30. The molecule has 0 spiro atoms. The Morgan fingerprint density at radius 2 is 2.03 bits per heavy atom. The van der Waals surface area contributed by atoms with E-state index in [-0.39, 0.29) is 11.7 Å². The molecule has 0 aliphatic heterocycles. The van der Waals surface area contributed by atoms with Crippen molar-refractivity contribution in [2.75, 3.05) is 11.9 Å². The zero-order valence-electron chi connectivity index (χ0n) is 15.4. The van der Waals surface area contributed by atoms with E-state index in [0.29, 0.717) is 16.4 Å². The van der Waals surface area contributed by atoms with Crippen molar-refractivity contribution < 1.29 is 9.18 Å². The molecule has 8 heteroatoms. The molecule has 1 aliphatic carbocycles. The van der Waals surface area contributed by atoms with Crippen LogP contribution in [-0.4, -0.2) is 27.0 Å². The maximum atomic E-state index is 13.1. The first-order valence-corrected chi connectivity index (χ1v) is 10.3. The number of nitrogens with one attached hydrogen (secondary N) is 2. The molecule has 5 rings (SSSR count). The minimum absolute atomic E-state index is 0.0247. The summed E-state index contributed by atoms with van der Waals surface area (Å²) in [5.41, 5.74) is 4.00. The molecule has 146 valence electrons. The number of hydrogen-bond donors (Lipinski definition) is 2. The van der Waals surface area contributed by atoms with Crippen LogP contribution in [0.25, 0.3) is 16.8 Å². The smallest absolute Gasteiger partial charge is 0.261 e. The number of carbonyl (C=O) groups excluding carboxylic acids is 1. The number of hydrogen-bond acceptors (Lipinski definition) is 5. The molecule has 2 N–H and O–H groups in total. The van der Waals surface area contributed by atoms with Crippen molar-refractivity contribution in [3.8, 4) is 11.1 Å². The molecule has 1 amide bonds. The van der Waals surface area contributed by atoms with Gasteiger partial charge in [0.15, 0.2) is 5.65 Å². The predicted octanol–water partition coefficient (Wildman–Crippen LogP) is 4.48. The van der Waals surface area contributed by atoms with Gasteiger partial charge in [0.2, 0.25) is 0 Å². The molecule has 1 aliphatic rings. The third-order valence-electron chi connectivity index (χ3n) is 4.87. The maximum Gasteiger partial charge on any atom is 0.261 e. The monoisotopic (exact) mass is 407 g/mol. The molecule has 1 saturated carbocycles. The van der Waals surface area contributed by atoms with Gasteiger partial charge in [0.25, 0.3) is 5.91 Å². The summed E-state index contributed by atoms with van der Waals surface area (Å²) in [6.07, 6.45) is 7.70. The van der Waals surface area contributed by atoms with Crippen LogP contribution in [0.3, 0.4) is 0 Å². The topological polar surface area (TPSA) is 71.3 Å². The summed E-state index contributed by atoms with van der Waals surface area (Å²) in [7, 11) is 0. The van der Waals surface area contributed by atoms with Crippen LogP contribution >= 0.6 is 11.3 Å². The highest BCUT2D eigenvalue weighted by Gasteiger charge is 2.22. The molecule has 3 heterocycles. The Labute approximate surface area is 170 Å². The van der Waals surface area contributed by atoms with Crippen molar-refractivity contribution >= 4 is 34.3 Å². The molecule has 6 nitrogen and oxygen atoms in total. The quantitative estimate of drug-likeness (QED) is 0.494. The number of rotatable bonds is 6. The number of halogens is 1. The van der Waals surface area contributed by atoms with Gasteiger partial charge in [-0.25, -0.2) is 13.9 Å². The zero-order valence-corrected chi connectivity index (χ0v) is 16.2. The average Bonchev–Trinajstić information content (AvgIpc) is 3.26. The number of nitrogens with zero attached hydrogens (tertiary/aromatic N) is 3. The predicted molar refractivity (Wildman–Crippen MR) is 111 cm³/mol.